The number of benzene rings is 1. The molecule has 1 aliphatic rings. The fraction of sp³-hybridized carbons (Fsp3) is 0.500. The fourth-order valence-corrected chi connectivity index (χ4v) is 3.08. The van der Waals surface area contributed by atoms with Crippen molar-refractivity contribution in [1.29, 1.82) is 0 Å². The summed E-state index contributed by atoms with van der Waals surface area (Å²) in [6, 6.07) is 7.17. The van der Waals surface area contributed by atoms with Crippen molar-refractivity contribution in [3.05, 3.63) is 47.5 Å². The minimum atomic E-state index is -0.334. The lowest BCUT2D eigenvalue weighted by molar-refractivity contribution is 0.0753. The minimum absolute atomic E-state index is 0.00958. The number of halogens is 1. The molecule has 0 aliphatic carbocycles. The van der Waals surface area contributed by atoms with E-state index < -0.39 is 0 Å². The van der Waals surface area contributed by atoms with Gasteiger partial charge in [-0.25, -0.2) is 0 Å². The normalized spacial score (nSPS) is 17.6. The van der Waals surface area contributed by atoms with E-state index in [1.165, 1.54) is 0 Å². The van der Waals surface area contributed by atoms with Crippen molar-refractivity contribution >= 4 is 17.5 Å². The van der Waals surface area contributed by atoms with E-state index in [2.05, 4.69) is 11.5 Å². The molecule has 1 fully saturated rings. The topological polar surface area (TPSA) is 43.8 Å². The zero-order valence-electron chi connectivity index (χ0n) is 13.5. The Kier molecular flexibility index (Phi) is 7.09. The summed E-state index contributed by atoms with van der Waals surface area (Å²) in [5, 5.41) is 10.5. The van der Waals surface area contributed by atoms with Gasteiger partial charge in [-0.3, -0.25) is 9.69 Å². The van der Waals surface area contributed by atoms with Crippen LogP contribution in [0.15, 0.2) is 36.9 Å². The van der Waals surface area contributed by atoms with E-state index in [0.717, 1.165) is 38.9 Å². The molecule has 1 amide bonds. The smallest absolute Gasteiger partial charge is 0.255 e. The van der Waals surface area contributed by atoms with Gasteiger partial charge >= 0.3 is 0 Å². The lowest BCUT2D eigenvalue weighted by atomic mass is 10.2. The number of carbonyl (C=O) groups is 1. The van der Waals surface area contributed by atoms with Crippen molar-refractivity contribution in [2.75, 3.05) is 32.7 Å². The molecule has 1 saturated heterocycles. The molecule has 1 aromatic carbocycles. The SMILES string of the molecule is C=CCCC(O)CN1CCCN(C(=O)c2ccccc2Cl)CC1. The van der Waals surface area contributed by atoms with E-state index in [0.29, 0.717) is 23.7 Å². The largest absolute Gasteiger partial charge is 0.392 e. The summed E-state index contributed by atoms with van der Waals surface area (Å²) in [5.41, 5.74) is 0.564. The maximum atomic E-state index is 12.6. The molecule has 0 aromatic heterocycles. The van der Waals surface area contributed by atoms with Crippen LogP contribution in [-0.4, -0.2) is 59.6 Å². The first-order valence-corrected chi connectivity index (χ1v) is 8.54. The molecule has 2 rings (SSSR count). The summed E-state index contributed by atoms with van der Waals surface area (Å²) < 4.78 is 0. The van der Waals surface area contributed by atoms with Crippen LogP contribution in [0.3, 0.4) is 0 Å². The lowest BCUT2D eigenvalue weighted by Crippen LogP contribution is -2.37. The summed E-state index contributed by atoms with van der Waals surface area (Å²) in [5.74, 6) is -0.00958. The van der Waals surface area contributed by atoms with Gasteiger partial charge in [0.1, 0.15) is 0 Å². The third-order valence-electron chi connectivity index (χ3n) is 4.15. The summed E-state index contributed by atoms with van der Waals surface area (Å²) in [6.07, 6.45) is 3.97. The van der Waals surface area contributed by atoms with Crippen molar-refractivity contribution in [3.63, 3.8) is 0 Å². The van der Waals surface area contributed by atoms with Crippen molar-refractivity contribution in [3.8, 4) is 0 Å². The maximum Gasteiger partial charge on any atom is 0.255 e. The predicted octanol–water partition coefficient (Wildman–Crippen LogP) is 2.82. The summed E-state index contributed by atoms with van der Waals surface area (Å²) in [6.45, 7) is 7.40. The highest BCUT2D eigenvalue weighted by molar-refractivity contribution is 6.33. The van der Waals surface area contributed by atoms with Gasteiger partial charge in [0.2, 0.25) is 0 Å². The van der Waals surface area contributed by atoms with Gasteiger partial charge in [0.25, 0.3) is 5.91 Å². The zero-order chi connectivity index (χ0) is 16.7. The Balaban J connectivity index is 1.89. The first kappa shape index (κ1) is 18.0. The molecule has 1 heterocycles. The molecule has 0 saturated carbocycles. The maximum absolute atomic E-state index is 12.6. The number of β-amino-alcohol motifs (C(OH)–C–C–N with tert-alkyl or cyclic N) is 1. The molecule has 1 aromatic rings. The van der Waals surface area contributed by atoms with Crippen LogP contribution < -0.4 is 0 Å². The Morgan fingerprint density at radius 1 is 1.30 bits per heavy atom. The van der Waals surface area contributed by atoms with E-state index in [1.807, 2.05) is 23.1 Å². The Morgan fingerprint density at radius 3 is 2.83 bits per heavy atom. The van der Waals surface area contributed by atoms with Crippen LogP contribution in [0.1, 0.15) is 29.6 Å². The second-order valence-electron chi connectivity index (χ2n) is 5.95. The summed E-state index contributed by atoms with van der Waals surface area (Å²) >= 11 is 6.13. The van der Waals surface area contributed by atoms with E-state index in [-0.39, 0.29) is 12.0 Å². The zero-order valence-corrected chi connectivity index (χ0v) is 14.2. The standard InChI is InChI=1S/C18H25ClN2O2/c1-2-3-7-15(22)14-20-10-6-11-21(13-12-20)18(23)16-8-4-5-9-17(16)19/h2,4-5,8-9,15,22H,1,3,6-7,10-14H2. The van der Waals surface area contributed by atoms with Crippen molar-refractivity contribution in [1.82, 2.24) is 9.80 Å². The molecule has 0 bridgehead atoms. The van der Waals surface area contributed by atoms with Gasteiger partial charge in [-0.05, 0) is 37.9 Å². The molecule has 126 valence electrons. The third-order valence-corrected chi connectivity index (χ3v) is 4.48. The number of rotatable bonds is 6. The Bertz CT molecular complexity index is 536. The Labute approximate surface area is 143 Å². The molecule has 1 atom stereocenters. The molecule has 23 heavy (non-hydrogen) atoms. The van der Waals surface area contributed by atoms with Gasteiger partial charge in [-0.15, -0.1) is 6.58 Å². The molecule has 1 aliphatic heterocycles. The molecule has 5 heteroatoms. The molecule has 0 spiro atoms. The molecule has 0 radical (unpaired) electrons. The number of hydrogen-bond acceptors (Lipinski definition) is 3. The van der Waals surface area contributed by atoms with Gasteiger partial charge < -0.3 is 10.0 Å². The molecular formula is C18H25ClN2O2. The van der Waals surface area contributed by atoms with E-state index in [9.17, 15) is 9.90 Å². The van der Waals surface area contributed by atoms with Crippen LogP contribution in [0.2, 0.25) is 5.02 Å². The van der Waals surface area contributed by atoms with Crippen molar-refractivity contribution in [2.45, 2.75) is 25.4 Å². The second-order valence-corrected chi connectivity index (χ2v) is 6.35. The first-order chi connectivity index (χ1) is 11.1. The van der Waals surface area contributed by atoms with Crippen molar-refractivity contribution in [2.24, 2.45) is 0 Å². The van der Waals surface area contributed by atoms with Gasteiger partial charge in [0.05, 0.1) is 16.7 Å². The van der Waals surface area contributed by atoms with E-state index in [1.54, 1.807) is 12.1 Å². The summed E-state index contributed by atoms with van der Waals surface area (Å²) in [7, 11) is 0. The highest BCUT2D eigenvalue weighted by Crippen LogP contribution is 2.18. The fourth-order valence-electron chi connectivity index (χ4n) is 2.86. The van der Waals surface area contributed by atoms with Crippen LogP contribution in [0.4, 0.5) is 0 Å². The lowest BCUT2D eigenvalue weighted by Gasteiger charge is -2.24. The van der Waals surface area contributed by atoms with Gasteiger partial charge in [0.15, 0.2) is 0 Å². The highest BCUT2D eigenvalue weighted by atomic mass is 35.5. The molecule has 4 nitrogen and oxygen atoms in total. The van der Waals surface area contributed by atoms with E-state index >= 15 is 0 Å². The first-order valence-electron chi connectivity index (χ1n) is 8.17. The summed E-state index contributed by atoms with van der Waals surface area (Å²) in [4.78, 5) is 16.7. The monoisotopic (exact) mass is 336 g/mol. The average molecular weight is 337 g/mol. The Hall–Kier alpha value is -1.36. The number of amides is 1. The number of allylic oxidation sites excluding steroid dienone is 1. The van der Waals surface area contributed by atoms with Crippen LogP contribution >= 0.6 is 11.6 Å². The van der Waals surface area contributed by atoms with Crippen LogP contribution in [0, 0.1) is 0 Å². The predicted molar refractivity (Wildman–Crippen MR) is 93.9 cm³/mol. The molecular weight excluding hydrogens is 312 g/mol. The van der Waals surface area contributed by atoms with E-state index in [4.69, 9.17) is 11.6 Å². The Morgan fingerprint density at radius 2 is 2.09 bits per heavy atom. The van der Waals surface area contributed by atoms with Crippen LogP contribution in [0.5, 0.6) is 0 Å². The highest BCUT2D eigenvalue weighted by Gasteiger charge is 2.22. The van der Waals surface area contributed by atoms with Gasteiger partial charge in [0, 0.05) is 26.2 Å². The van der Waals surface area contributed by atoms with Gasteiger partial charge in [-0.2, -0.15) is 0 Å². The number of carbonyl (C=O) groups excluding carboxylic acids is 1. The molecule has 1 unspecified atom stereocenters. The quantitative estimate of drug-likeness (QED) is 0.812. The van der Waals surface area contributed by atoms with Crippen molar-refractivity contribution < 1.29 is 9.90 Å². The molecule has 1 N–H and O–H groups in total. The average Bonchev–Trinajstić information content (AvgIpc) is 2.78. The second kappa shape index (κ2) is 9.06. The van der Waals surface area contributed by atoms with Gasteiger partial charge in [-0.1, -0.05) is 29.8 Å². The number of aliphatic hydroxyl groups excluding tert-OH is 1. The number of nitrogens with zero attached hydrogens (tertiary/aromatic N) is 2. The minimum Gasteiger partial charge on any atom is -0.392 e. The number of hydrogen-bond donors (Lipinski definition) is 1. The van der Waals surface area contributed by atoms with Crippen LogP contribution in [0.25, 0.3) is 0 Å². The van der Waals surface area contributed by atoms with Crippen LogP contribution in [-0.2, 0) is 0 Å². The third kappa shape index (κ3) is 5.34. The number of aliphatic hydroxyl groups is 1.